The largest absolute Gasteiger partial charge is 0.120 e. The topological polar surface area (TPSA) is 0 Å². The van der Waals surface area contributed by atoms with Gasteiger partial charge in [-0.25, -0.2) is 0 Å². The first-order chi connectivity index (χ1) is 3.91. The van der Waals surface area contributed by atoms with Gasteiger partial charge in [-0.2, -0.15) is 0 Å². The third kappa shape index (κ3) is 5.12. The maximum absolute atomic E-state index is 5.01. The van der Waals surface area contributed by atoms with Gasteiger partial charge in [-0.15, -0.1) is 24.7 Å². The van der Waals surface area contributed by atoms with Gasteiger partial charge in [0.2, 0.25) is 0 Å². The Bertz CT molecular complexity index is 93.0. The summed E-state index contributed by atoms with van der Waals surface area (Å²) in [4.78, 5) is 0. The summed E-state index contributed by atoms with van der Waals surface area (Å²) in [7, 11) is 0. The lowest BCUT2D eigenvalue weighted by atomic mass is 10.3. The Morgan fingerprint density at radius 2 is 1.25 bits per heavy atom. The molecule has 0 radical (unpaired) electrons. The number of hydrogen-bond donors (Lipinski definition) is 0. The minimum absolute atomic E-state index is 0.863. The van der Waals surface area contributed by atoms with Gasteiger partial charge in [-0.3, -0.25) is 0 Å². The molecule has 8 heavy (non-hydrogen) atoms. The standard InChI is InChI=1S/C8H10/c1-3-5-7-8-6-4-2/h1-2H,5-8H2/i3+1,4+1. The summed E-state index contributed by atoms with van der Waals surface area (Å²) in [5.41, 5.74) is 0. The molecule has 0 amide bonds. The predicted octanol–water partition coefficient (Wildman–Crippen LogP) is 1.81. The van der Waals surface area contributed by atoms with Gasteiger partial charge < -0.3 is 0 Å². The Balaban J connectivity index is 2.77. The van der Waals surface area contributed by atoms with Crippen molar-refractivity contribution in [3.05, 3.63) is 0 Å². The van der Waals surface area contributed by atoms with Crippen LogP contribution in [0.4, 0.5) is 0 Å². The lowest BCUT2D eigenvalue weighted by molar-refractivity contribution is 0.783. The van der Waals surface area contributed by atoms with Crippen molar-refractivity contribution in [3.8, 4) is 24.7 Å². The highest BCUT2D eigenvalue weighted by Crippen LogP contribution is 1.95. The fraction of sp³-hybridized carbons (Fsp3) is 0.500. The van der Waals surface area contributed by atoms with Crippen LogP contribution in [-0.4, -0.2) is 0 Å². The second-order valence-corrected chi connectivity index (χ2v) is 1.62. The van der Waals surface area contributed by atoms with E-state index in [9.17, 15) is 0 Å². The van der Waals surface area contributed by atoms with Crippen LogP contribution in [0, 0.1) is 24.7 Å². The molecule has 42 valence electrons. The highest BCUT2D eigenvalue weighted by Gasteiger charge is 1.79. The van der Waals surface area contributed by atoms with Gasteiger partial charge in [-0.1, -0.05) is 0 Å². The van der Waals surface area contributed by atoms with Crippen LogP contribution >= 0.6 is 0 Å². The molecule has 0 aromatic carbocycles. The van der Waals surface area contributed by atoms with Gasteiger partial charge in [0.05, 0.1) is 0 Å². The highest BCUT2D eigenvalue weighted by molar-refractivity contribution is 4.86. The zero-order chi connectivity index (χ0) is 6.24. The average molecular weight is 108 g/mol. The molecule has 0 aromatic rings. The Hall–Kier alpha value is -0.880. The van der Waals surface area contributed by atoms with E-state index in [1.165, 1.54) is 0 Å². The molecule has 0 bridgehead atoms. The van der Waals surface area contributed by atoms with Crippen molar-refractivity contribution in [3.63, 3.8) is 0 Å². The van der Waals surface area contributed by atoms with Crippen molar-refractivity contribution < 1.29 is 0 Å². The average Bonchev–Trinajstić information content (AvgIpc) is 1.81. The van der Waals surface area contributed by atoms with Gasteiger partial charge in [0, 0.05) is 12.8 Å². The third-order valence-electron chi connectivity index (χ3n) is 0.892. The van der Waals surface area contributed by atoms with E-state index in [4.69, 9.17) is 12.8 Å². The molecule has 0 fully saturated rings. The normalized spacial score (nSPS) is 7.25. The van der Waals surface area contributed by atoms with E-state index in [1.54, 1.807) is 0 Å². The van der Waals surface area contributed by atoms with Gasteiger partial charge in [0.1, 0.15) is 0 Å². The van der Waals surface area contributed by atoms with Crippen molar-refractivity contribution in [1.29, 1.82) is 0 Å². The molecule has 0 spiro atoms. The summed E-state index contributed by atoms with van der Waals surface area (Å²) in [5.74, 6) is 5.12. The number of unbranched alkanes of at least 4 members (excludes halogenated alkanes) is 3. The summed E-state index contributed by atoms with van der Waals surface area (Å²) in [6.45, 7) is 0. The van der Waals surface area contributed by atoms with Crippen molar-refractivity contribution in [2.24, 2.45) is 0 Å². The fourth-order valence-electron chi connectivity index (χ4n) is 0.454. The molecule has 0 atom stereocenters. The molecule has 0 N–H and O–H groups in total. The van der Waals surface area contributed by atoms with Crippen LogP contribution in [-0.2, 0) is 0 Å². The molecule has 0 unspecified atom stereocenters. The second-order valence-electron chi connectivity index (χ2n) is 1.62. The number of rotatable bonds is 3. The molecule has 0 heteroatoms. The van der Waals surface area contributed by atoms with Gasteiger partial charge in [-0.05, 0) is 12.8 Å². The van der Waals surface area contributed by atoms with Crippen molar-refractivity contribution in [1.82, 2.24) is 0 Å². The second kappa shape index (κ2) is 6.12. The summed E-state index contributed by atoms with van der Waals surface area (Å²) in [6.07, 6.45) is 13.9. The summed E-state index contributed by atoms with van der Waals surface area (Å²) >= 11 is 0. The van der Waals surface area contributed by atoms with E-state index in [0.717, 1.165) is 25.7 Å². The monoisotopic (exact) mass is 108 g/mol. The molecule has 0 aliphatic carbocycles. The van der Waals surface area contributed by atoms with Crippen LogP contribution in [0.5, 0.6) is 0 Å². The maximum atomic E-state index is 5.01. The van der Waals surface area contributed by atoms with Crippen molar-refractivity contribution >= 4 is 0 Å². The van der Waals surface area contributed by atoms with Gasteiger partial charge in [0.25, 0.3) is 0 Å². The number of hydrogen-bond acceptors (Lipinski definition) is 0. The summed E-state index contributed by atoms with van der Waals surface area (Å²) in [5, 5.41) is 0. The lowest BCUT2D eigenvalue weighted by Gasteiger charge is -1.86. The molecular formula is C8H10. The highest BCUT2D eigenvalue weighted by atomic mass is 14.1. The first-order valence-corrected chi connectivity index (χ1v) is 2.78. The van der Waals surface area contributed by atoms with Crippen molar-refractivity contribution in [2.45, 2.75) is 25.7 Å². The van der Waals surface area contributed by atoms with E-state index < -0.39 is 0 Å². The lowest BCUT2D eigenvalue weighted by Crippen LogP contribution is -1.70. The molecule has 0 saturated carbocycles. The molecule has 0 saturated heterocycles. The van der Waals surface area contributed by atoms with Crippen LogP contribution in [0.3, 0.4) is 0 Å². The van der Waals surface area contributed by atoms with E-state index in [2.05, 4.69) is 11.8 Å². The Morgan fingerprint density at radius 3 is 1.50 bits per heavy atom. The van der Waals surface area contributed by atoms with E-state index >= 15 is 0 Å². The van der Waals surface area contributed by atoms with E-state index in [1.807, 2.05) is 0 Å². The molecule has 0 rings (SSSR count). The Kier molecular flexibility index (Phi) is 5.45. The minimum atomic E-state index is 0.863. The zero-order valence-corrected chi connectivity index (χ0v) is 4.98. The Morgan fingerprint density at radius 1 is 0.875 bits per heavy atom. The van der Waals surface area contributed by atoms with Gasteiger partial charge in [0.15, 0.2) is 0 Å². The molecule has 0 aromatic heterocycles. The van der Waals surface area contributed by atoms with Crippen LogP contribution in [0.1, 0.15) is 25.7 Å². The molecule has 0 aliphatic rings. The van der Waals surface area contributed by atoms with E-state index in [0.29, 0.717) is 0 Å². The van der Waals surface area contributed by atoms with Crippen LogP contribution < -0.4 is 0 Å². The molecule has 0 aliphatic heterocycles. The molecule has 0 nitrogen and oxygen atoms in total. The summed E-state index contributed by atoms with van der Waals surface area (Å²) < 4.78 is 0. The quantitative estimate of drug-likeness (QED) is 0.294. The summed E-state index contributed by atoms with van der Waals surface area (Å²) in [6, 6.07) is 0. The smallest absolute Gasteiger partial charge is 0.00863 e. The maximum Gasteiger partial charge on any atom is 0.00863 e. The first-order valence-electron chi connectivity index (χ1n) is 2.78. The van der Waals surface area contributed by atoms with Crippen LogP contribution in [0.2, 0.25) is 0 Å². The minimum Gasteiger partial charge on any atom is -0.120 e. The Labute approximate surface area is 51.3 Å². The zero-order valence-electron chi connectivity index (χ0n) is 4.98. The number of terminal acetylenes is 2. The van der Waals surface area contributed by atoms with Crippen LogP contribution in [0.25, 0.3) is 0 Å². The predicted molar refractivity (Wildman–Crippen MR) is 36.1 cm³/mol. The van der Waals surface area contributed by atoms with Gasteiger partial charge >= 0.3 is 0 Å². The molecule has 0 heterocycles. The first kappa shape index (κ1) is 7.12. The van der Waals surface area contributed by atoms with Crippen LogP contribution in [0.15, 0.2) is 0 Å². The molecular weight excluding hydrogens is 98.1 g/mol. The van der Waals surface area contributed by atoms with E-state index in [-0.39, 0.29) is 0 Å². The fourth-order valence-corrected chi connectivity index (χ4v) is 0.454. The third-order valence-corrected chi connectivity index (χ3v) is 0.892. The SMILES string of the molecule is C#[13C]CCCC[13C]#C. The van der Waals surface area contributed by atoms with Crippen molar-refractivity contribution in [2.75, 3.05) is 0 Å².